The predicted molar refractivity (Wildman–Crippen MR) is 93.9 cm³/mol. The molecule has 0 atom stereocenters. The van der Waals surface area contributed by atoms with Gasteiger partial charge in [0.15, 0.2) is 0 Å². The summed E-state index contributed by atoms with van der Waals surface area (Å²) < 4.78 is 0. The number of nitrogens with one attached hydrogen (secondary N) is 2. The Hall–Kier alpha value is -2.30. The zero-order valence-corrected chi connectivity index (χ0v) is 12.7. The number of aliphatic hydroxyl groups is 1. The summed E-state index contributed by atoms with van der Waals surface area (Å²) in [5.41, 5.74) is 3.12. The van der Waals surface area contributed by atoms with E-state index >= 15 is 0 Å². The standard InChI is InChI=1S/C17H15N3O.ClH/c21-10-9-18-17-15-11-5-1-3-7-13(11)19-16(15)12-6-2-4-8-14(12)20-17;/h1-8,19,21H,9-10H2,(H,18,20);1H. The average molecular weight is 314 g/mol. The average Bonchev–Trinajstić information content (AvgIpc) is 2.92. The Bertz CT molecular complexity index is 949. The summed E-state index contributed by atoms with van der Waals surface area (Å²) in [7, 11) is 0. The van der Waals surface area contributed by atoms with Crippen LogP contribution in [-0.2, 0) is 0 Å². The van der Waals surface area contributed by atoms with Gasteiger partial charge in [-0.1, -0.05) is 36.4 Å². The second-order valence-corrected chi connectivity index (χ2v) is 5.05. The van der Waals surface area contributed by atoms with Gasteiger partial charge in [-0.2, -0.15) is 0 Å². The number of fused-ring (bicyclic) bond motifs is 5. The van der Waals surface area contributed by atoms with Gasteiger partial charge < -0.3 is 15.4 Å². The summed E-state index contributed by atoms with van der Waals surface area (Å²) in [4.78, 5) is 8.22. The topological polar surface area (TPSA) is 60.9 Å². The van der Waals surface area contributed by atoms with E-state index < -0.39 is 0 Å². The Morgan fingerprint density at radius 1 is 1.00 bits per heavy atom. The number of H-pyrrole nitrogens is 1. The van der Waals surface area contributed by atoms with Crippen LogP contribution in [0.2, 0.25) is 0 Å². The van der Waals surface area contributed by atoms with Gasteiger partial charge in [0, 0.05) is 22.8 Å². The molecule has 2 aromatic heterocycles. The van der Waals surface area contributed by atoms with E-state index in [0.717, 1.165) is 38.5 Å². The van der Waals surface area contributed by atoms with Gasteiger partial charge in [-0.15, -0.1) is 12.4 Å². The molecule has 4 nitrogen and oxygen atoms in total. The predicted octanol–water partition coefficient (Wildman–Crippen LogP) is 3.70. The number of pyridine rings is 1. The third-order valence-electron chi connectivity index (χ3n) is 3.75. The summed E-state index contributed by atoms with van der Waals surface area (Å²) in [5, 5.41) is 15.6. The molecule has 112 valence electrons. The number of hydrogen-bond donors (Lipinski definition) is 3. The smallest absolute Gasteiger partial charge is 0.136 e. The fourth-order valence-electron chi connectivity index (χ4n) is 2.85. The highest BCUT2D eigenvalue weighted by molar-refractivity contribution is 6.20. The lowest BCUT2D eigenvalue weighted by molar-refractivity contribution is 0.311. The van der Waals surface area contributed by atoms with Crippen LogP contribution in [0.25, 0.3) is 32.7 Å². The number of para-hydroxylation sites is 2. The molecule has 0 unspecified atom stereocenters. The molecule has 5 heteroatoms. The maximum absolute atomic E-state index is 9.08. The van der Waals surface area contributed by atoms with E-state index in [4.69, 9.17) is 10.1 Å². The number of nitrogens with zero attached hydrogens (tertiary/aromatic N) is 1. The van der Waals surface area contributed by atoms with E-state index in [0.29, 0.717) is 6.54 Å². The molecular weight excluding hydrogens is 298 g/mol. The lowest BCUT2D eigenvalue weighted by Crippen LogP contribution is -2.07. The van der Waals surface area contributed by atoms with E-state index in [2.05, 4.69) is 28.5 Å². The Morgan fingerprint density at radius 3 is 2.55 bits per heavy atom. The van der Waals surface area contributed by atoms with Gasteiger partial charge in [-0.25, -0.2) is 4.98 Å². The van der Waals surface area contributed by atoms with Crippen molar-refractivity contribution >= 4 is 50.9 Å². The molecule has 0 aliphatic rings. The lowest BCUT2D eigenvalue weighted by atomic mass is 10.1. The normalized spacial score (nSPS) is 11.0. The van der Waals surface area contributed by atoms with Crippen LogP contribution < -0.4 is 5.32 Å². The van der Waals surface area contributed by atoms with E-state index in [1.54, 1.807) is 0 Å². The molecule has 0 amide bonds. The minimum atomic E-state index is 0. The first-order chi connectivity index (χ1) is 10.4. The summed E-state index contributed by atoms with van der Waals surface area (Å²) in [6, 6.07) is 16.3. The van der Waals surface area contributed by atoms with Crippen LogP contribution in [0.5, 0.6) is 0 Å². The van der Waals surface area contributed by atoms with Crippen LogP contribution in [0.4, 0.5) is 5.82 Å². The van der Waals surface area contributed by atoms with Crippen molar-refractivity contribution < 1.29 is 5.11 Å². The van der Waals surface area contributed by atoms with Gasteiger partial charge in [0.1, 0.15) is 5.82 Å². The Balaban J connectivity index is 0.00000144. The number of anilines is 1. The Morgan fingerprint density at radius 2 is 1.73 bits per heavy atom. The highest BCUT2D eigenvalue weighted by atomic mass is 35.5. The first kappa shape index (κ1) is 14.6. The van der Waals surface area contributed by atoms with Gasteiger partial charge in [0.05, 0.1) is 23.0 Å². The molecule has 4 aromatic rings. The number of aromatic nitrogens is 2. The summed E-state index contributed by atoms with van der Waals surface area (Å²) in [5.74, 6) is 0.815. The van der Waals surface area contributed by atoms with Gasteiger partial charge in [-0.05, 0) is 12.1 Å². The summed E-state index contributed by atoms with van der Waals surface area (Å²) >= 11 is 0. The fraction of sp³-hybridized carbons (Fsp3) is 0.118. The Kier molecular flexibility index (Phi) is 3.88. The highest BCUT2D eigenvalue weighted by Crippen LogP contribution is 2.34. The highest BCUT2D eigenvalue weighted by Gasteiger charge is 2.13. The second-order valence-electron chi connectivity index (χ2n) is 5.05. The van der Waals surface area contributed by atoms with Crippen molar-refractivity contribution in [3.05, 3.63) is 48.5 Å². The van der Waals surface area contributed by atoms with Crippen molar-refractivity contribution in [1.82, 2.24) is 9.97 Å². The third kappa shape index (κ3) is 2.17. The molecule has 0 aliphatic carbocycles. The van der Waals surface area contributed by atoms with E-state index in [1.165, 1.54) is 0 Å². The number of hydrogen-bond acceptors (Lipinski definition) is 3. The zero-order valence-electron chi connectivity index (χ0n) is 11.8. The number of benzene rings is 2. The van der Waals surface area contributed by atoms with E-state index in [1.807, 2.05) is 30.3 Å². The van der Waals surface area contributed by atoms with Crippen molar-refractivity contribution in [2.24, 2.45) is 0 Å². The number of aromatic amines is 1. The molecule has 22 heavy (non-hydrogen) atoms. The number of aliphatic hydroxyl groups excluding tert-OH is 1. The molecule has 2 aromatic carbocycles. The molecule has 0 aliphatic heterocycles. The molecular formula is C17H16ClN3O. The fourth-order valence-corrected chi connectivity index (χ4v) is 2.85. The van der Waals surface area contributed by atoms with Crippen molar-refractivity contribution in [2.75, 3.05) is 18.5 Å². The van der Waals surface area contributed by atoms with Crippen LogP contribution in [0.15, 0.2) is 48.5 Å². The number of halogens is 1. The lowest BCUT2D eigenvalue weighted by Gasteiger charge is -2.08. The number of rotatable bonds is 3. The SMILES string of the molecule is Cl.OCCNc1nc2ccccc2c2[nH]c3ccccc3c12. The van der Waals surface area contributed by atoms with Crippen LogP contribution in [-0.4, -0.2) is 28.2 Å². The summed E-state index contributed by atoms with van der Waals surface area (Å²) in [6.07, 6.45) is 0. The van der Waals surface area contributed by atoms with Crippen LogP contribution in [0, 0.1) is 0 Å². The molecule has 0 saturated carbocycles. The minimum absolute atomic E-state index is 0. The molecule has 0 bridgehead atoms. The van der Waals surface area contributed by atoms with Gasteiger partial charge in [0.25, 0.3) is 0 Å². The van der Waals surface area contributed by atoms with Gasteiger partial charge >= 0.3 is 0 Å². The van der Waals surface area contributed by atoms with Crippen molar-refractivity contribution in [3.8, 4) is 0 Å². The molecule has 3 N–H and O–H groups in total. The first-order valence-electron chi connectivity index (χ1n) is 7.02. The van der Waals surface area contributed by atoms with Gasteiger partial charge in [-0.3, -0.25) is 0 Å². The van der Waals surface area contributed by atoms with Gasteiger partial charge in [0.2, 0.25) is 0 Å². The van der Waals surface area contributed by atoms with Crippen LogP contribution in [0.1, 0.15) is 0 Å². The largest absolute Gasteiger partial charge is 0.395 e. The third-order valence-corrected chi connectivity index (χ3v) is 3.75. The van der Waals surface area contributed by atoms with Crippen LogP contribution in [0.3, 0.4) is 0 Å². The maximum atomic E-state index is 9.08. The molecule has 0 radical (unpaired) electrons. The second kappa shape index (κ2) is 5.83. The van der Waals surface area contributed by atoms with E-state index in [-0.39, 0.29) is 19.0 Å². The van der Waals surface area contributed by atoms with Crippen molar-refractivity contribution in [2.45, 2.75) is 0 Å². The molecule has 0 saturated heterocycles. The quantitative estimate of drug-likeness (QED) is 0.540. The van der Waals surface area contributed by atoms with Crippen LogP contribution >= 0.6 is 12.4 Å². The summed E-state index contributed by atoms with van der Waals surface area (Å²) in [6.45, 7) is 0.568. The minimum Gasteiger partial charge on any atom is -0.395 e. The molecule has 0 spiro atoms. The zero-order chi connectivity index (χ0) is 14.2. The Labute approximate surface area is 133 Å². The van der Waals surface area contributed by atoms with Crippen molar-refractivity contribution in [1.29, 1.82) is 0 Å². The van der Waals surface area contributed by atoms with Crippen molar-refractivity contribution in [3.63, 3.8) is 0 Å². The maximum Gasteiger partial charge on any atom is 0.136 e. The molecule has 4 rings (SSSR count). The first-order valence-corrected chi connectivity index (χ1v) is 7.02. The monoisotopic (exact) mass is 313 g/mol. The molecule has 2 heterocycles. The van der Waals surface area contributed by atoms with E-state index in [9.17, 15) is 0 Å². The molecule has 0 fully saturated rings.